The molecule has 0 radical (unpaired) electrons. The SMILES string of the molecule is CC(=O)N(C)c1nc(CN2C(=O)NC(C)(c3cccc([N+](=O)[O-])c3)C2=O)cs1. The zero-order valence-electron chi connectivity index (χ0n) is 15.3. The maximum absolute atomic E-state index is 13.0. The van der Waals surface area contributed by atoms with Gasteiger partial charge in [-0.25, -0.2) is 9.78 Å². The molecule has 4 amide bonds. The van der Waals surface area contributed by atoms with Crippen LogP contribution in [0.3, 0.4) is 0 Å². The molecular formula is C17H17N5O5S. The molecule has 2 aromatic rings. The number of rotatable bonds is 5. The van der Waals surface area contributed by atoms with Crippen LogP contribution in [-0.4, -0.2) is 39.7 Å². The van der Waals surface area contributed by atoms with E-state index in [4.69, 9.17) is 0 Å². The second kappa shape index (κ2) is 7.00. The molecule has 1 N–H and O–H groups in total. The number of benzene rings is 1. The Morgan fingerprint density at radius 3 is 2.79 bits per heavy atom. The van der Waals surface area contributed by atoms with Crippen molar-refractivity contribution in [3.63, 3.8) is 0 Å². The van der Waals surface area contributed by atoms with Crippen LogP contribution in [-0.2, 0) is 21.7 Å². The molecular weight excluding hydrogens is 386 g/mol. The summed E-state index contributed by atoms with van der Waals surface area (Å²) in [7, 11) is 1.58. The van der Waals surface area contributed by atoms with Crippen molar-refractivity contribution in [2.75, 3.05) is 11.9 Å². The fourth-order valence-electron chi connectivity index (χ4n) is 2.79. The number of carbonyl (C=O) groups is 3. The Morgan fingerprint density at radius 1 is 1.43 bits per heavy atom. The van der Waals surface area contributed by atoms with E-state index in [1.165, 1.54) is 48.3 Å². The number of thiazole rings is 1. The van der Waals surface area contributed by atoms with Crippen LogP contribution >= 0.6 is 11.3 Å². The first-order chi connectivity index (χ1) is 13.1. The number of carbonyl (C=O) groups excluding carboxylic acids is 3. The van der Waals surface area contributed by atoms with Crippen molar-refractivity contribution in [3.8, 4) is 0 Å². The number of nitrogens with one attached hydrogen (secondary N) is 1. The molecule has 146 valence electrons. The number of hydrogen-bond acceptors (Lipinski definition) is 7. The van der Waals surface area contributed by atoms with E-state index in [0.29, 0.717) is 16.4 Å². The summed E-state index contributed by atoms with van der Waals surface area (Å²) in [5.74, 6) is -0.721. The van der Waals surface area contributed by atoms with E-state index in [0.717, 1.165) is 4.90 Å². The van der Waals surface area contributed by atoms with Crippen molar-refractivity contribution in [2.24, 2.45) is 0 Å². The van der Waals surface area contributed by atoms with E-state index >= 15 is 0 Å². The number of nitro benzene ring substituents is 1. The summed E-state index contributed by atoms with van der Waals surface area (Å²) in [6.07, 6.45) is 0. The average Bonchev–Trinajstić information content (AvgIpc) is 3.20. The Balaban J connectivity index is 1.85. The summed E-state index contributed by atoms with van der Waals surface area (Å²) < 4.78 is 0. The topological polar surface area (TPSA) is 126 Å². The van der Waals surface area contributed by atoms with Crippen LogP contribution in [0, 0.1) is 10.1 Å². The Kier molecular flexibility index (Phi) is 4.86. The Bertz CT molecular complexity index is 990. The molecule has 1 unspecified atom stereocenters. The number of nitrogens with zero attached hydrogens (tertiary/aromatic N) is 4. The minimum Gasteiger partial charge on any atom is -0.319 e. The molecule has 1 atom stereocenters. The second-order valence-electron chi connectivity index (χ2n) is 6.45. The van der Waals surface area contributed by atoms with E-state index in [9.17, 15) is 24.5 Å². The quantitative estimate of drug-likeness (QED) is 0.462. The molecule has 1 fully saturated rings. The van der Waals surface area contributed by atoms with E-state index < -0.39 is 22.4 Å². The van der Waals surface area contributed by atoms with Crippen molar-refractivity contribution in [1.82, 2.24) is 15.2 Å². The predicted molar refractivity (Wildman–Crippen MR) is 101 cm³/mol. The van der Waals surface area contributed by atoms with Gasteiger partial charge in [-0.1, -0.05) is 12.1 Å². The molecule has 0 aliphatic carbocycles. The lowest BCUT2D eigenvalue weighted by atomic mass is 9.91. The first-order valence-electron chi connectivity index (χ1n) is 8.21. The second-order valence-corrected chi connectivity index (χ2v) is 7.29. The highest BCUT2D eigenvalue weighted by Crippen LogP contribution is 2.32. The van der Waals surface area contributed by atoms with Crippen molar-refractivity contribution in [3.05, 3.63) is 51.0 Å². The zero-order chi connectivity index (χ0) is 20.6. The molecule has 11 heteroatoms. The molecule has 3 rings (SSSR count). The number of anilines is 1. The largest absolute Gasteiger partial charge is 0.325 e. The maximum Gasteiger partial charge on any atom is 0.325 e. The van der Waals surface area contributed by atoms with Crippen molar-refractivity contribution in [2.45, 2.75) is 25.9 Å². The third kappa shape index (κ3) is 3.31. The van der Waals surface area contributed by atoms with Gasteiger partial charge in [0.2, 0.25) is 5.91 Å². The number of hydrogen-bond donors (Lipinski definition) is 1. The average molecular weight is 403 g/mol. The molecule has 1 aliphatic rings. The number of imide groups is 1. The summed E-state index contributed by atoms with van der Waals surface area (Å²) in [6.45, 7) is 2.84. The van der Waals surface area contributed by atoms with Gasteiger partial charge in [-0.15, -0.1) is 11.3 Å². The minimum absolute atomic E-state index is 0.0720. The molecule has 2 heterocycles. The summed E-state index contributed by atoms with van der Waals surface area (Å²) >= 11 is 1.22. The smallest absolute Gasteiger partial charge is 0.319 e. The lowest BCUT2D eigenvalue weighted by molar-refractivity contribution is -0.385. The molecule has 1 saturated heterocycles. The number of nitro groups is 1. The molecule has 0 saturated carbocycles. The zero-order valence-corrected chi connectivity index (χ0v) is 16.1. The molecule has 1 aliphatic heterocycles. The van der Waals surface area contributed by atoms with Gasteiger partial charge in [-0.05, 0) is 12.5 Å². The van der Waals surface area contributed by atoms with E-state index in [-0.39, 0.29) is 18.1 Å². The highest BCUT2D eigenvalue weighted by Gasteiger charge is 2.49. The van der Waals surface area contributed by atoms with Crippen LogP contribution in [0.15, 0.2) is 29.6 Å². The number of aromatic nitrogens is 1. The normalized spacial score (nSPS) is 18.9. The van der Waals surface area contributed by atoms with Gasteiger partial charge in [-0.2, -0.15) is 0 Å². The predicted octanol–water partition coefficient (Wildman–Crippen LogP) is 2.00. The summed E-state index contributed by atoms with van der Waals surface area (Å²) in [4.78, 5) is 53.9. The van der Waals surface area contributed by atoms with Crippen molar-refractivity contribution >= 4 is 40.0 Å². The van der Waals surface area contributed by atoms with Gasteiger partial charge in [0.05, 0.1) is 17.2 Å². The van der Waals surface area contributed by atoms with Crippen LogP contribution in [0.4, 0.5) is 15.6 Å². The summed E-state index contributed by atoms with van der Waals surface area (Å²) in [6, 6.07) is 4.98. The van der Waals surface area contributed by atoms with Gasteiger partial charge in [0.25, 0.3) is 11.6 Å². The van der Waals surface area contributed by atoms with Gasteiger partial charge in [0, 0.05) is 31.5 Å². The standard InChI is InChI=1S/C17H17N5O5S/c1-10(23)20(3)16-18-12(9-28-16)8-21-14(24)17(2,19-15(21)25)11-5-4-6-13(7-11)22(26)27/h4-7,9H,8H2,1-3H3,(H,19,25). The van der Waals surface area contributed by atoms with Gasteiger partial charge in [0.1, 0.15) is 5.54 Å². The highest BCUT2D eigenvalue weighted by atomic mass is 32.1. The fraction of sp³-hybridized carbons (Fsp3) is 0.294. The molecule has 0 bridgehead atoms. The molecule has 1 aromatic carbocycles. The summed E-state index contributed by atoms with van der Waals surface area (Å²) in [5.41, 5.74) is -0.814. The van der Waals surface area contributed by atoms with Crippen molar-refractivity contribution < 1.29 is 19.3 Å². The van der Waals surface area contributed by atoms with Crippen LogP contribution < -0.4 is 10.2 Å². The maximum atomic E-state index is 13.0. The molecule has 0 spiro atoms. The third-order valence-electron chi connectivity index (χ3n) is 4.53. The van der Waals surface area contributed by atoms with Crippen LogP contribution in [0.25, 0.3) is 0 Å². The molecule has 10 nitrogen and oxygen atoms in total. The summed E-state index contributed by atoms with van der Waals surface area (Å²) in [5, 5.41) is 15.7. The lowest BCUT2D eigenvalue weighted by Gasteiger charge is -2.21. The third-order valence-corrected chi connectivity index (χ3v) is 5.49. The number of amides is 4. The van der Waals surface area contributed by atoms with E-state index in [1.807, 2.05) is 0 Å². The van der Waals surface area contributed by atoms with Gasteiger partial charge in [-0.3, -0.25) is 29.5 Å². The van der Waals surface area contributed by atoms with Crippen LogP contribution in [0.1, 0.15) is 25.1 Å². The number of urea groups is 1. The first kappa shape index (κ1) is 19.4. The van der Waals surface area contributed by atoms with Gasteiger partial charge < -0.3 is 5.32 Å². The van der Waals surface area contributed by atoms with E-state index in [1.54, 1.807) is 18.5 Å². The van der Waals surface area contributed by atoms with Gasteiger partial charge in [0.15, 0.2) is 5.13 Å². The lowest BCUT2D eigenvalue weighted by Crippen LogP contribution is -2.40. The van der Waals surface area contributed by atoms with E-state index in [2.05, 4.69) is 10.3 Å². The minimum atomic E-state index is -1.42. The fourth-order valence-corrected chi connectivity index (χ4v) is 3.61. The molecule has 28 heavy (non-hydrogen) atoms. The molecule has 1 aromatic heterocycles. The van der Waals surface area contributed by atoms with Crippen LogP contribution in [0.2, 0.25) is 0 Å². The Morgan fingerprint density at radius 2 is 2.14 bits per heavy atom. The number of non-ortho nitro benzene ring substituents is 1. The highest BCUT2D eigenvalue weighted by molar-refractivity contribution is 7.14. The van der Waals surface area contributed by atoms with Gasteiger partial charge >= 0.3 is 6.03 Å². The Labute approximate surface area is 163 Å². The Hall–Kier alpha value is -3.34. The monoisotopic (exact) mass is 403 g/mol. The first-order valence-corrected chi connectivity index (χ1v) is 9.09. The van der Waals surface area contributed by atoms with Crippen LogP contribution in [0.5, 0.6) is 0 Å². The van der Waals surface area contributed by atoms with Crippen molar-refractivity contribution in [1.29, 1.82) is 0 Å².